The molecule has 0 saturated carbocycles. The second kappa shape index (κ2) is 5.62. The van der Waals surface area contributed by atoms with Gasteiger partial charge in [-0.2, -0.15) is 0 Å². The highest BCUT2D eigenvalue weighted by atomic mass is 16.1. The highest BCUT2D eigenvalue weighted by molar-refractivity contribution is 5.83. The summed E-state index contributed by atoms with van der Waals surface area (Å²) in [7, 11) is 0. The summed E-state index contributed by atoms with van der Waals surface area (Å²) in [5, 5.41) is 0. The van der Waals surface area contributed by atoms with Crippen molar-refractivity contribution in [1.29, 1.82) is 0 Å². The van der Waals surface area contributed by atoms with Crippen LogP contribution in [0.2, 0.25) is 0 Å². The first-order valence-electron chi connectivity index (χ1n) is 7.38. The molecular weight excluding hydrogens is 244 g/mol. The summed E-state index contributed by atoms with van der Waals surface area (Å²) < 4.78 is 0. The Hall–Kier alpha value is -1.89. The van der Waals surface area contributed by atoms with Crippen molar-refractivity contribution < 1.29 is 4.79 Å². The normalized spacial score (nSPS) is 13.2. The van der Waals surface area contributed by atoms with E-state index in [0.717, 1.165) is 5.56 Å². The van der Waals surface area contributed by atoms with E-state index in [-0.39, 0.29) is 0 Å². The molecule has 0 N–H and O–H groups in total. The van der Waals surface area contributed by atoms with Crippen LogP contribution < -0.4 is 0 Å². The van der Waals surface area contributed by atoms with E-state index in [1.54, 1.807) is 0 Å². The Morgan fingerprint density at radius 3 is 2.50 bits per heavy atom. The lowest BCUT2D eigenvalue weighted by atomic mass is 9.99. The number of benzene rings is 2. The maximum absolute atomic E-state index is 12.2. The van der Waals surface area contributed by atoms with Gasteiger partial charge in [0.15, 0.2) is 0 Å². The third-order valence-corrected chi connectivity index (χ3v) is 4.05. The summed E-state index contributed by atoms with van der Waals surface area (Å²) in [6.07, 6.45) is 4.73. The highest BCUT2D eigenvalue weighted by Gasteiger charge is 2.12. The maximum atomic E-state index is 12.2. The van der Waals surface area contributed by atoms with E-state index in [0.29, 0.717) is 18.6 Å². The fraction of sp³-hybridized carbons (Fsp3) is 0.316. The predicted molar refractivity (Wildman–Crippen MR) is 82.1 cm³/mol. The second-order valence-electron chi connectivity index (χ2n) is 5.84. The number of Topliss-reactive ketones (excluding diaryl/α,β-unsaturated/α-hetero) is 1. The summed E-state index contributed by atoms with van der Waals surface area (Å²) >= 11 is 0. The number of carbonyl (C=O) groups is 1. The number of carbonyl (C=O) groups excluding carboxylic acids is 1. The molecule has 1 heteroatoms. The molecule has 0 aliphatic heterocycles. The zero-order valence-electron chi connectivity index (χ0n) is 12.0. The van der Waals surface area contributed by atoms with Gasteiger partial charge in [0.2, 0.25) is 0 Å². The zero-order chi connectivity index (χ0) is 13.9. The molecule has 1 aliphatic carbocycles. The van der Waals surface area contributed by atoms with Crippen LogP contribution >= 0.6 is 0 Å². The lowest BCUT2D eigenvalue weighted by Crippen LogP contribution is -2.07. The van der Waals surface area contributed by atoms with Crippen LogP contribution in [-0.4, -0.2) is 5.78 Å². The largest absolute Gasteiger partial charge is 0.299 e. The van der Waals surface area contributed by atoms with Gasteiger partial charge in [-0.25, -0.2) is 0 Å². The molecule has 0 heterocycles. The molecule has 0 amide bonds. The van der Waals surface area contributed by atoms with E-state index in [2.05, 4.69) is 37.3 Å². The van der Waals surface area contributed by atoms with E-state index in [9.17, 15) is 4.79 Å². The Bertz CT molecular complexity index is 640. The maximum Gasteiger partial charge on any atom is 0.141 e. The van der Waals surface area contributed by atoms with Gasteiger partial charge in [-0.15, -0.1) is 0 Å². The van der Waals surface area contributed by atoms with Gasteiger partial charge in [-0.3, -0.25) is 4.79 Å². The molecule has 0 fully saturated rings. The summed E-state index contributed by atoms with van der Waals surface area (Å²) in [5.74, 6) is 0.300. The zero-order valence-corrected chi connectivity index (χ0v) is 12.0. The fourth-order valence-electron chi connectivity index (χ4n) is 3.08. The first kappa shape index (κ1) is 13.1. The smallest absolute Gasteiger partial charge is 0.141 e. The van der Waals surface area contributed by atoms with Crippen LogP contribution in [0.25, 0.3) is 0 Å². The Kier molecular flexibility index (Phi) is 3.68. The van der Waals surface area contributed by atoms with Gasteiger partial charge >= 0.3 is 0 Å². The minimum Gasteiger partial charge on any atom is -0.299 e. The number of fused-ring (bicyclic) bond motifs is 1. The van der Waals surface area contributed by atoms with Gasteiger partial charge in [-0.1, -0.05) is 48.0 Å². The number of hydrogen-bond acceptors (Lipinski definition) is 1. The molecule has 0 aromatic heterocycles. The lowest BCUT2D eigenvalue weighted by Gasteiger charge is -2.05. The monoisotopic (exact) mass is 264 g/mol. The molecule has 0 atom stereocenters. The molecule has 2 aromatic carbocycles. The van der Waals surface area contributed by atoms with Crippen molar-refractivity contribution in [3.63, 3.8) is 0 Å². The van der Waals surface area contributed by atoms with Crippen LogP contribution in [0.1, 0.15) is 34.2 Å². The van der Waals surface area contributed by atoms with E-state index in [4.69, 9.17) is 0 Å². The summed E-state index contributed by atoms with van der Waals surface area (Å²) in [5.41, 5.74) is 6.43. The fourth-order valence-corrected chi connectivity index (χ4v) is 3.08. The lowest BCUT2D eigenvalue weighted by molar-refractivity contribution is -0.117. The van der Waals surface area contributed by atoms with Gasteiger partial charge in [0.05, 0.1) is 0 Å². The summed E-state index contributed by atoms with van der Waals surface area (Å²) in [6, 6.07) is 14.8. The SMILES string of the molecule is Cc1cccc(CC(=O)Cc2ccc3c(c2)CCC3)c1. The predicted octanol–water partition coefficient (Wildman–Crippen LogP) is 3.84. The first-order valence-corrected chi connectivity index (χ1v) is 7.38. The topological polar surface area (TPSA) is 17.1 Å². The van der Waals surface area contributed by atoms with Crippen LogP contribution in [0.3, 0.4) is 0 Å². The van der Waals surface area contributed by atoms with Crippen LogP contribution in [-0.2, 0) is 30.5 Å². The third-order valence-electron chi connectivity index (χ3n) is 4.05. The molecule has 102 valence electrons. The quantitative estimate of drug-likeness (QED) is 0.820. The van der Waals surface area contributed by atoms with Gasteiger partial charge in [-0.05, 0) is 48.4 Å². The van der Waals surface area contributed by atoms with Crippen molar-refractivity contribution in [1.82, 2.24) is 0 Å². The molecule has 0 saturated heterocycles. The van der Waals surface area contributed by atoms with Gasteiger partial charge in [0.1, 0.15) is 5.78 Å². The van der Waals surface area contributed by atoms with E-state index in [1.165, 1.54) is 41.5 Å². The van der Waals surface area contributed by atoms with Crippen molar-refractivity contribution in [2.24, 2.45) is 0 Å². The number of aryl methyl sites for hydroxylation is 3. The average molecular weight is 264 g/mol. The minimum atomic E-state index is 0.300. The van der Waals surface area contributed by atoms with Crippen molar-refractivity contribution in [3.8, 4) is 0 Å². The average Bonchev–Trinajstić information content (AvgIpc) is 2.86. The molecular formula is C19H20O. The van der Waals surface area contributed by atoms with Crippen LogP contribution in [0.5, 0.6) is 0 Å². The number of ketones is 1. The Morgan fingerprint density at radius 1 is 0.950 bits per heavy atom. The van der Waals surface area contributed by atoms with Crippen molar-refractivity contribution in [2.45, 2.75) is 39.0 Å². The van der Waals surface area contributed by atoms with Crippen molar-refractivity contribution >= 4 is 5.78 Å². The van der Waals surface area contributed by atoms with Gasteiger partial charge < -0.3 is 0 Å². The van der Waals surface area contributed by atoms with Gasteiger partial charge in [0, 0.05) is 12.8 Å². The number of hydrogen-bond donors (Lipinski definition) is 0. The molecule has 0 spiro atoms. The van der Waals surface area contributed by atoms with Crippen LogP contribution in [0.15, 0.2) is 42.5 Å². The third kappa shape index (κ3) is 2.98. The van der Waals surface area contributed by atoms with Crippen molar-refractivity contribution in [2.75, 3.05) is 0 Å². The summed E-state index contributed by atoms with van der Waals surface area (Å²) in [6.45, 7) is 2.06. The molecule has 0 bridgehead atoms. The molecule has 3 rings (SSSR count). The number of rotatable bonds is 4. The van der Waals surface area contributed by atoms with Gasteiger partial charge in [0.25, 0.3) is 0 Å². The van der Waals surface area contributed by atoms with Crippen molar-refractivity contribution in [3.05, 3.63) is 70.3 Å². The van der Waals surface area contributed by atoms with E-state index < -0.39 is 0 Å². The minimum absolute atomic E-state index is 0.300. The standard InChI is InChI=1S/C19H20O/c1-14-4-2-5-15(10-14)12-19(20)13-16-8-9-17-6-3-7-18(17)11-16/h2,4-5,8-11H,3,6-7,12-13H2,1H3. The highest BCUT2D eigenvalue weighted by Crippen LogP contribution is 2.23. The van der Waals surface area contributed by atoms with E-state index in [1.807, 2.05) is 12.1 Å². The summed E-state index contributed by atoms with van der Waals surface area (Å²) in [4.78, 5) is 12.2. The Balaban J connectivity index is 1.67. The molecule has 0 radical (unpaired) electrons. The molecule has 1 nitrogen and oxygen atoms in total. The van der Waals surface area contributed by atoms with Crippen LogP contribution in [0, 0.1) is 6.92 Å². The molecule has 1 aliphatic rings. The molecule has 2 aromatic rings. The molecule has 0 unspecified atom stereocenters. The first-order chi connectivity index (χ1) is 9.70. The van der Waals surface area contributed by atoms with Crippen LogP contribution in [0.4, 0.5) is 0 Å². The Morgan fingerprint density at radius 2 is 1.70 bits per heavy atom. The van der Waals surface area contributed by atoms with E-state index >= 15 is 0 Å². The molecule has 20 heavy (non-hydrogen) atoms. The Labute approximate surface area is 120 Å². The second-order valence-corrected chi connectivity index (χ2v) is 5.84.